The Hall–Kier alpha value is -1.35. The number of nitrogens with one attached hydrogen (secondary N) is 1. The smallest absolute Gasteiger partial charge is 0.242 e. The third-order valence-corrected chi connectivity index (χ3v) is 4.53. The molecule has 1 aliphatic heterocycles. The van der Waals surface area contributed by atoms with Gasteiger partial charge in [-0.25, -0.2) is 0 Å². The fourth-order valence-electron chi connectivity index (χ4n) is 3.33. The molecule has 116 valence electrons. The molecule has 3 heteroatoms. The average molecular weight is 288 g/mol. The maximum Gasteiger partial charge on any atom is 0.242 e. The highest BCUT2D eigenvalue weighted by atomic mass is 16.2. The number of amides is 1. The first kappa shape index (κ1) is 16.0. The summed E-state index contributed by atoms with van der Waals surface area (Å²) < 4.78 is 0. The van der Waals surface area contributed by atoms with Crippen molar-refractivity contribution in [3.8, 4) is 0 Å². The largest absolute Gasteiger partial charge is 0.340 e. The van der Waals surface area contributed by atoms with Crippen molar-refractivity contribution < 1.29 is 4.79 Å². The molecule has 1 amide bonds. The van der Waals surface area contributed by atoms with Gasteiger partial charge in [0.2, 0.25) is 5.91 Å². The lowest BCUT2D eigenvalue weighted by Gasteiger charge is -2.32. The second-order valence-corrected chi connectivity index (χ2v) is 6.19. The Morgan fingerprint density at radius 3 is 2.43 bits per heavy atom. The predicted octanol–water partition coefficient (Wildman–Crippen LogP) is 3.13. The van der Waals surface area contributed by atoms with Crippen LogP contribution >= 0.6 is 0 Å². The Balaban J connectivity index is 2.03. The molecule has 0 spiro atoms. The van der Waals surface area contributed by atoms with Crippen molar-refractivity contribution in [1.82, 2.24) is 10.2 Å². The van der Waals surface area contributed by atoms with Crippen molar-refractivity contribution in [2.45, 2.75) is 58.0 Å². The average Bonchev–Trinajstić information content (AvgIpc) is 2.97. The summed E-state index contributed by atoms with van der Waals surface area (Å²) in [5, 5.41) is 3.46. The van der Waals surface area contributed by atoms with E-state index in [1.54, 1.807) is 0 Å². The highest BCUT2D eigenvalue weighted by Gasteiger charge is 2.41. The van der Waals surface area contributed by atoms with E-state index in [9.17, 15) is 4.79 Å². The molecule has 1 saturated heterocycles. The summed E-state index contributed by atoms with van der Waals surface area (Å²) in [6.45, 7) is 5.96. The lowest BCUT2D eigenvalue weighted by atomic mass is 9.90. The van der Waals surface area contributed by atoms with E-state index in [2.05, 4.69) is 43.4 Å². The van der Waals surface area contributed by atoms with Crippen molar-refractivity contribution in [3.05, 3.63) is 35.4 Å². The number of hydrogen-bond acceptors (Lipinski definition) is 2. The molecule has 1 aliphatic rings. The maximum atomic E-state index is 12.8. The van der Waals surface area contributed by atoms with Gasteiger partial charge in [0, 0.05) is 13.6 Å². The SMILES string of the molecule is CCCC1(C(=O)N(C)Cc2ccc(CC)cc2)CCCN1. The Labute approximate surface area is 128 Å². The molecule has 1 fully saturated rings. The quantitative estimate of drug-likeness (QED) is 0.872. The zero-order valence-corrected chi connectivity index (χ0v) is 13.6. The lowest BCUT2D eigenvalue weighted by Crippen LogP contribution is -2.53. The normalized spacial score (nSPS) is 21.5. The van der Waals surface area contributed by atoms with Gasteiger partial charge in [0.1, 0.15) is 0 Å². The van der Waals surface area contributed by atoms with E-state index in [4.69, 9.17) is 0 Å². The third kappa shape index (κ3) is 3.65. The zero-order valence-electron chi connectivity index (χ0n) is 13.6. The van der Waals surface area contributed by atoms with Crippen LogP contribution in [-0.2, 0) is 17.8 Å². The molecule has 0 aliphatic carbocycles. The number of aryl methyl sites for hydroxylation is 1. The van der Waals surface area contributed by atoms with E-state index in [-0.39, 0.29) is 11.4 Å². The van der Waals surface area contributed by atoms with Crippen LogP contribution in [0, 0.1) is 0 Å². The first-order valence-corrected chi connectivity index (χ1v) is 8.19. The second kappa shape index (κ2) is 7.08. The molecule has 0 radical (unpaired) electrons. The van der Waals surface area contributed by atoms with Gasteiger partial charge in [0.05, 0.1) is 5.54 Å². The van der Waals surface area contributed by atoms with Gasteiger partial charge in [-0.3, -0.25) is 4.79 Å². The van der Waals surface area contributed by atoms with Crippen LogP contribution in [0.5, 0.6) is 0 Å². The van der Waals surface area contributed by atoms with Crippen LogP contribution in [0.2, 0.25) is 0 Å². The van der Waals surface area contributed by atoms with Crippen LogP contribution in [0.25, 0.3) is 0 Å². The zero-order chi connectivity index (χ0) is 15.3. The summed E-state index contributed by atoms with van der Waals surface area (Å²) in [5.74, 6) is 0.251. The number of carbonyl (C=O) groups excluding carboxylic acids is 1. The van der Waals surface area contributed by atoms with Gasteiger partial charge in [-0.2, -0.15) is 0 Å². The summed E-state index contributed by atoms with van der Waals surface area (Å²) in [4.78, 5) is 14.7. The van der Waals surface area contributed by atoms with E-state index in [0.29, 0.717) is 6.54 Å². The molecule has 1 atom stereocenters. The Morgan fingerprint density at radius 1 is 1.24 bits per heavy atom. The molecule has 0 aromatic heterocycles. The van der Waals surface area contributed by atoms with Gasteiger partial charge in [-0.1, -0.05) is 44.5 Å². The van der Waals surface area contributed by atoms with Gasteiger partial charge >= 0.3 is 0 Å². The molecule has 1 aromatic rings. The number of benzene rings is 1. The van der Waals surface area contributed by atoms with Crippen LogP contribution in [0.15, 0.2) is 24.3 Å². The highest BCUT2D eigenvalue weighted by Crippen LogP contribution is 2.27. The van der Waals surface area contributed by atoms with Gasteiger partial charge in [0.25, 0.3) is 0 Å². The van der Waals surface area contributed by atoms with Crippen molar-refractivity contribution in [2.24, 2.45) is 0 Å². The third-order valence-electron chi connectivity index (χ3n) is 4.53. The van der Waals surface area contributed by atoms with Crippen molar-refractivity contribution >= 4 is 5.91 Å². The van der Waals surface area contributed by atoms with Gasteiger partial charge < -0.3 is 10.2 Å². The molecular formula is C18H28N2O. The summed E-state index contributed by atoms with van der Waals surface area (Å²) in [6, 6.07) is 8.58. The van der Waals surface area contributed by atoms with Crippen LogP contribution in [0.1, 0.15) is 50.7 Å². The first-order chi connectivity index (χ1) is 10.1. The van der Waals surface area contributed by atoms with Crippen LogP contribution in [0.4, 0.5) is 0 Å². The van der Waals surface area contributed by atoms with E-state index in [1.807, 2.05) is 11.9 Å². The summed E-state index contributed by atoms with van der Waals surface area (Å²) in [5.41, 5.74) is 2.23. The Kier molecular flexibility index (Phi) is 5.40. The Bertz CT molecular complexity index is 461. The molecule has 3 nitrogen and oxygen atoms in total. The van der Waals surface area contributed by atoms with E-state index < -0.39 is 0 Å². The monoisotopic (exact) mass is 288 g/mol. The topological polar surface area (TPSA) is 32.3 Å². The van der Waals surface area contributed by atoms with Crippen molar-refractivity contribution in [1.29, 1.82) is 0 Å². The molecular weight excluding hydrogens is 260 g/mol. The summed E-state index contributed by atoms with van der Waals surface area (Å²) in [7, 11) is 1.92. The number of carbonyl (C=O) groups is 1. The number of likely N-dealkylation sites (N-methyl/N-ethyl adjacent to an activating group) is 1. The molecule has 1 unspecified atom stereocenters. The molecule has 0 saturated carbocycles. The van der Waals surface area contributed by atoms with E-state index >= 15 is 0 Å². The number of hydrogen-bond donors (Lipinski definition) is 1. The second-order valence-electron chi connectivity index (χ2n) is 6.19. The molecule has 1 aromatic carbocycles. The van der Waals surface area contributed by atoms with Gasteiger partial charge in [-0.15, -0.1) is 0 Å². The minimum Gasteiger partial charge on any atom is -0.340 e. The van der Waals surface area contributed by atoms with Crippen LogP contribution < -0.4 is 5.32 Å². The minimum absolute atomic E-state index is 0.251. The molecule has 2 rings (SSSR count). The summed E-state index contributed by atoms with van der Waals surface area (Å²) >= 11 is 0. The van der Waals surface area contributed by atoms with Gasteiger partial charge in [-0.05, 0) is 43.4 Å². The minimum atomic E-state index is -0.313. The fourth-order valence-corrected chi connectivity index (χ4v) is 3.33. The number of rotatable bonds is 6. The molecule has 1 N–H and O–H groups in total. The van der Waals surface area contributed by atoms with Crippen LogP contribution in [0.3, 0.4) is 0 Å². The first-order valence-electron chi connectivity index (χ1n) is 8.19. The summed E-state index contributed by atoms with van der Waals surface area (Å²) in [6.07, 6.45) is 5.10. The predicted molar refractivity (Wildman–Crippen MR) is 87.2 cm³/mol. The van der Waals surface area contributed by atoms with E-state index in [0.717, 1.165) is 38.6 Å². The van der Waals surface area contributed by atoms with Crippen LogP contribution in [-0.4, -0.2) is 29.9 Å². The highest BCUT2D eigenvalue weighted by molar-refractivity contribution is 5.86. The molecule has 21 heavy (non-hydrogen) atoms. The Morgan fingerprint density at radius 2 is 1.90 bits per heavy atom. The van der Waals surface area contributed by atoms with Crippen molar-refractivity contribution in [3.63, 3.8) is 0 Å². The molecule has 0 bridgehead atoms. The standard InChI is InChI=1S/C18H28N2O/c1-4-11-18(12-6-13-19-18)17(21)20(3)14-16-9-7-15(5-2)8-10-16/h7-10,19H,4-6,11-14H2,1-3H3. The maximum absolute atomic E-state index is 12.8. The lowest BCUT2D eigenvalue weighted by molar-refractivity contribution is -0.137. The fraction of sp³-hybridized carbons (Fsp3) is 0.611. The van der Waals surface area contributed by atoms with Crippen molar-refractivity contribution in [2.75, 3.05) is 13.6 Å². The van der Waals surface area contributed by atoms with E-state index in [1.165, 1.54) is 11.1 Å². The number of nitrogens with zero attached hydrogens (tertiary/aromatic N) is 1. The van der Waals surface area contributed by atoms with Gasteiger partial charge in [0.15, 0.2) is 0 Å². The molecule has 1 heterocycles.